The van der Waals surface area contributed by atoms with E-state index in [9.17, 15) is 0 Å². The van der Waals surface area contributed by atoms with Gasteiger partial charge in [-0.3, -0.25) is 0 Å². The molecule has 2 unspecified atom stereocenters. The van der Waals surface area contributed by atoms with Gasteiger partial charge in [-0.25, -0.2) is 0 Å². The van der Waals surface area contributed by atoms with Crippen LogP contribution in [0.25, 0.3) is 0 Å². The lowest BCUT2D eigenvalue weighted by Gasteiger charge is -2.14. The van der Waals surface area contributed by atoms with Crippen LogP contribution in [0.15, 0.2) is 11.6 Å². The van der Waals surface area contributed by atoms with Gasteiger partial charge in [-0.2, -0.15) is 0 Å². The molecule has 0 aromatic carbocycles. The van der Waals surface area contributed by atoms with Gasteiger partial charge in [0.05, 0.1) is 0 Å². The van der Waals surface area contributed by atoms with E-state index in [1.807, 2.05) is 0 Å². The molecule has 0 spiro atoms. The largest absolute Gasteiger partial charge is 0.0859 e. The maximum atomic E-state index is 2.43. The lowest BCUT2D eigenvalue weighted by atomic mass is 9.93. The summed E-state index contributed by atoms with van der Waals surface area (Å²) in [5.74, 6) is 1.87. The Bertz CT molecular complexity index is 202. The van der Waals surface area contributed by atoms with Gasteiger partial charge in [0.15, 0.2) is 0 Å². The molecule has 0 saturated heterocycles. The van der Waals surface area contributed by atoms with Crippen LogP contribution in [0, 0.1) is 11.8 Å². The molecule has 0 heteroatoms. The summed E-state index contributed by atoms with van der Waals surface area (Å²) < 4.78 is 0. The second-order valence-corrected chi connectivity index (χ2v) is 6.28. The average molecular weight is 252 g/mol. The number of hydrogen-bond acceptors (Lipinski definition) is 0. The van der Waals surface area contributed by atoms with Crippen LogP contribution in [0.4, 0.5) is 0 Å². The van der Waals surface area contributed by atoms with Crippen LogP contribution in [0.3, 0.4) is 0 Å². The van der Waals surface area contributed by atoms with E-state index in [4.69, 9.17) is 0 Å². The molecule has 0 aromatic heterocycles. The minimum absolute atomic E-state index is 0.924. The smallest absolute Gasteiger partial charge is 0.0323 e. The predicted octanol–water partition coefficient (Wildman–Crippen LogP) is 6.76. The van der Waals surface area contributed by atoms with Crippen LogP contribution in [0.2, 0.25) is 0 Å². The van der Waals surface area contributed by atoms with Crippen molar-refractivity contribution < 1.29 is 0 Å². The van der Waals surface area contributed by atoms with Gasteiger partial charge < -0.3 is 0 Å². The van der Waals surface area contributed by atoms with Crippen molar-refractivity contribution in [2.24, 2.45) is 11.8 Å². The first-order valence-electron chi connectivity index (χ1n) is 8.25. The molecule has 0 aliphatic heterocycles. The monoisotopic (exact) mass is 252 g/mol. The summed E-state index contributed by atoms with van der Waals surface area (Å²) in [5, 5.41) is 0. The number of allylic oxidation sites excluding steroid dienone is 2. The molecule has 0 fully saturated rings. The molecule has 0 radical (unpaired) electrons. The van der Waals surface area contributed by atoms with Crippen LogP contribution in [0.1, 0.15) is 92.4 Å². The van der Waals surface area contributed by atoms with E-state index < -0.39 is 0 Å². The molecule has 0 rings (SSSR count). The van der Waals surface area contributed by atoms with Crippen molar-refractivity contribution in [3.8, 4) is 0 Å². The van der Waals surface area contributed by atoms with Crippen molar-refractivity contribution in [2.45, 2.75) is 92.4 Å². The van der Waals surface area contributed by atoms with Crippen LogP contribution in [0.5, 0.6) is 0 Å². The third-order valence-corrected chi connectivity index (χ3v) is 4.00. The van der Waals surface area contributed by atoms with Crippen molar-refractivity contribution in [3.63, 3.8) is 0 Å². The average Bonchev–Trinajstić information content (AvgIpc) is 2.29. The fraction of sp³-hybridized carbons (Fsp3) is 0.889. The Morgan fingerprint density at radius 2 is 1.44 bits per heavy atom. The molecular weight excluding hydrogens is 216 g/mol. The van der Waals surface area contributed by atoms with Crippen molar-refractivity contribution in [1.82, 2.24) is 0 Å². The zero-order valence-electron chi connectivity index (χ0n) is 13.6. The molecule has 18 heavy (non-hydrogen) atoms. The predicted molar refractivity (Wildman–Crippen MR) is 85.0 cm³/mol. The van der Waals surface area contributed by atoms with Gasteiger partial charge in [0.1, 0.15) is 0 Å². The highest BCUT2D eigenvalue weighted by atomic mass is 14.1. The Morgan fingerprint density at radius 1 is 0.889 bits per heavy atom. The Balaban J connectivity index is 3.48. The van der Waals surface area contributed by atoms with E-state index in [-0.39, 0.29) is 0 Å². The summed E-state index contributed by atoms with van der Waals surface area (Å²) in [5.41, 5.74) is 1.58. The van der Waals surface area contributed by atoms with Gasteiger partial charge in [0.2, 0.25) is 0 Å². The number of hydrogen-bond donors (Lipinski definition) is 0. The van der Waals surface area contributed by atoms with Gasteiger partial charge in [-0.15, -0.1) is 0 Å². The van der Waals surface area contributed by atoms with E-state index in [1.54, 1.807) is 5.57 Å². The van der Waals surface area contributed by atoms with E-state index in [1.165, 1.54) is 57.8 Å². The molecular formula is C18H36. The fourth-order valence-corrected chi connectivity index (χ4v) is 2.78. The first-order valence-corrected chi connectivity index (χ1v) is 8.25. The third kappa shape index (κ3) is 10.9. The Hall–Kier alpha value is -0.260. The standard InChI is InChI=1S/C18H36/c1-6-10-16(3)12-8-14-18(5)15-9-13-17(4)11-7-2/h10,17-18H,6-9,11-15H2,1-5H3. The van der Waals surface area contributed by atoms with Crippen LogP contribution in [-0.4, -0.2) is 0 Å². The third-order valence-electron chi connectivity index (χ3n) is 4.00. The first-order chi connectivity index (χ1) is 8.60. The summed E-state index contributed by atoms with van der Waals surface area (Å²) in [7, 11) is 0. The molecule has 2 atom stereocenters. The maximum absolute atomic E-state index is 2.43. The maximum Gasteiger partial charge on any atom is -0.0323 e. The second-order valence-electron chi connectivity index (χ2n) is 6.28. The van der Waals surface area contributed by atoms with Crippen LogP contribution >= 0.6 is 0 Å². The molecule has 0 N–H and O–H groups in total. The van der Waals surface area contributed by atoms with Crippen LogP contribution < -0.4 is 0 Å². The van der Waals surface area contributed by atoms with Crippen molar-refractivity contribution >= 4 is 0 Å². The van der Waals surface area contributed by atoms with Gasteiger partial charge in [-0.1, -0.05) is 77.9 Å². The van der Waals surface area contributed by atoms with Gasteiger partial charge in [0.25, 0.3) is 0 Å². The second kappa shape index (κ2) is 11.8. The van der Waals surface area contributed by atoms with Crippen LogP contribution in [-0.2, 0) is 0 Å². The molecule has 0 nitrogen and oxygen atoms in total. The number of rotatable bonds is 11. The molecule has 0 aromatic rings. The Morgan fingerprint density at radius 3 is 2.00 bits per heavy atom. The summed E-state index contributed by atoms with van der Waals surface area (Å²) in [4.78, 5) is 0. The highest BCUT2D eigenvalue weighted by molar-refractivity contribution is 4.96. The summed E-state index contributed by atoms with van der Waals surface area (Å²) in [6, 6.07) is 0. The molecule has 0 aliphatic carbocycles. The lowest BCUT2D eigenvalue weighted by molar-refractivity contribution is 0.403. The molecule has 0 aliphatic rings. The topological polar surface area (TPSA) is 0 Å². The van der Waals surface area contributed by atoms with Gasteiger partial charge in [0, 0.05) is 0 Å². The minimum atomic E-state index is 0.924. The van der Waals surface area contributed by atoms with E-state index >= 15 is 0 Å². The van der Waals surface area contributed by atoms with E-state index in [0.717, 1.165) is 11.8 Å². The zero-order valence-corrected chi connectivity index (χ0v) is 13.6. The van der Waals surface area contributed by atoms with Crippen molar-refractivity contribution in [3.05, 3.63) is 11.6 Å². The van der Waals surface area contributed by atoms with Crippen molar-refractivity contribution in [2.75, 3.05) is 0 Å². The zero-order chi connectivity index (χ0) is 13.8. The Labute approximate surface area is 116 Å². The van der Waals surface area contributed by atoms with E-state index in [2.05, 4.69) is 40.7 Å². The summed E-state index contributed by atoms with van der Waals surface area (Å²) in [6.07, 6.45) is 14.7. The molecule has 0 heterocycles. The molecule has 0 amide bonds. The highest BCUT2D eigenvalue weighted by Gasteiger charge is 2.05. The molecule has 0 bridgehead atoms. The summed E-state index contributed by atoms with van der Waals surface area (Å²) >= 11 is 0. The molecule has 108 valence electrons. The first kappa shape index (κ1) is 17.7. The SMILES string of the molecule is CCC=C(C)CCCC(C)CCCC(C)CCC. The Kier molecular flexibility index (Phi) is 11.6. The fourth-order valence-electron chi connectivity index (χ4n) is 2.78. The quantitative estimate of drug-likeness (QED) is 0.356. The van der Waals surface area contributed by atoms with E-state index in [0.29, 0.717) is 0 Å². The minimum Gasteiger partial charge on any atom is -0.0859 e. The lowest BCUT2D eigenvalue weighted by Crippen LogP contribution is -1.99. The highest BCUT2D eigenvalue weighted by Crippen LogP contribution is 2.20. The normalized spacial score (nSPS) is 15.7. The van der Waals surface area contributed by atoms with Crippen molar-refractivity contribution in [1.29, 1.82) is 0 Å². The summed E-state index contributed by atoms with van der Waals surface area (Å²) in [6.45, 7) is 11.6. The van der Waals surface area contributed by atoms with Gasteiger partial charge >= 0.3 is 0 Å². The van der Waals surface area contributed by atoms with Gasteiger partial charge in [-0.05, 0) is 38.0 Å². The molecule has 0 saturated carbocycles.